The molecule has 31 heavy (non-hydrogen) atoms. The van der Waals surface area contributed by atoms with E-state index < -0.39 is 0 Å². The average Bonchev–Trinajstić information content (AvgIpc) is 3.46. The number of benzene rings is 2. The number of rotatable bonds is 6. The second-order valence-electron chi connectivity index (χ2n) is 7.53. The summed E-state index contributed by atoms with van der Waals surface area (Å²) in [5.74, 6) is 1.96. The van der Waals surface area contributed by atoms with Crippen molar-refractivity contribution in [1.82, 2.24) is 19.9 Å². The molecule has 4 aromatic rings. The molecule has 2 N–H and O–H groups in total. The zero-order chi connectivity index (χ0) is 21.2. The lowest BCUT2D eigenvalue weighted by atomic mass is 10.1. The first-order valence-corrected chi connectivity index (χ1v) is 10.2. The summed E-state index contributed by atoms with van der Waals surface area (Å²) >= 11 is 0. The van der Waals surface area contributed by atoms with E-state index in [-0.39, 0.29) is 18.3 Å². The van der Waals surface area contributed by atoms with Gasteiger partial charge in [-0.15, -0.1) is 0 Å². The first-order chi connectivity index (χ1) is 15.2. The Morgan fingerprint density at radius 1 is 1.13 bits per heavy atom. The fourth-order valence-electron chi connectivity index (χ4n) is 3.76. The predicted octanol–water partition coefficient (Wildman–Crippen LogP) is 3.19. The van der Waals surface area contributed by atoms with Gasteiger partial charge in [0.15, 0.2) is 11.6 Å². The van der Waals surface area contributed by atoms with Crippen molar-refractivity contribution in [3.8, 4) is 11.6 Å². The SMILES string of the molecule is O=C(c1ccc(Oc2nccnc2N2CC[C@H](CO)C2)cc1)c1nc2ccccc2[nH]1. The molecule has 8 heteroatoms. The Kier molecular flexibility index (Phi) is 5.05. The third-order valence-corrected chi connectivity index (χ3v) is 5.43. The van der Waals surface area contributed by atoms with Gasteiger partial charge in [-0.05, 0) is 42.8 Å². The summed E-state index contributed by atoms with van der Waals surface area (Å²) in [4.78, 5) is 31.0. The Morgan fingerprint density at radius 3 is 2.71 bits per heavy atom. The number of nitrogens with zero attached hydrogens (tertiary/aromatic N) is 4. The molecular formula is C23H21N5O3. The molecule has 1 aliphatic rings. The number of para-hydroxylation sites is 2. The molecule has 0 spiro atoms. The smallest absolute Gasteiger partial charge is 0.263 e. The van der Waals surface area contributed by atoms with Crippen LogP contribution in [-0.2, 0) is 0 Å². The van der Waals surface area contributed by atoms with Gasteiger partial charge < -0.3 is 19.7 Å². The number of imidazole rings is 1. The van der Waals surface area contributed by atoms with Crippen LogP contribution in [0.2, 0.25) is 0 Å². The van der Waals surface area contributed by atoms with Gasteiger partial charge in [0.2, 0.25) is 5.78 Å². The van der Waals surface area contributed by atoms with Gasteiger partial charge in [0, 0.05) is 43.6 Å². The number of H-pyrrole nitrogens is 1. The van der Waals surface area contributed by atoms with Crippen molar-refractivity contribution in [2.45, 2.75) is 6.42 Å². The van der Waals surface area contributed by atoms with E-state index >= 15 is 0 Å². The van der Waals surface area contributed by atoms with Gasteiger partial charge in [0.1, 0.15) is 5.75 Å². The average molecular weight is 415 g/mol. The Labute approximate surface area is 178 Å². The van der Waals surface area contributed by atoms with Crippen LogP contribution in [0.3, 0.4) is 0 Å². The number of aromatic amines is 1. The van der Waals surface area contributed by atoms with Gasteiger partial charge in [0.25, 0.3) is 5.88 Å². The highest BCUT2D eigenvalue weighted by atomic mass is 16.5. The van der Waals surface area contributed by atoms with Crippen molar-refractivity contribution < 1.29 is 14.6 Å². The van der Waals surface area contributed by atoms with E-state index in [2.05, 4.69) is 24.8 Å². The van der Waals surface area contributed by atoms with Crippen molar-refractivity contribution in [3.63, 3.8) is 0 Å². The van der Waals surface area contributed by atoms with Crippen molar-refractivity contribution in [2.24, 2.45) is 5.92 Å². The number of fused-ring (bicyclic) bond motifs is 1. The standard InChI is InChI=1S/C23H21N5O3/c29-14-15-9-12-28(13-15)22-23(25-11-10-24-22)31-17-7-5-16(6-8-17)20(30)21-26-18-3-1-2-4-19(18)27-21/h1-8,10-11,15,29H,9,12-14H2,(H,26,27)/t15-/m0/s1. The molecule has 2 aromatic heterocycles. The third-order valence-electron chi connectivity index (χ3n) is 5.43. The molecule has 0 radical (unpaired) electrons. The van der Waals surface area contributed by atoms with Crippen LogP contribution in [0.1, 0.15) is 22.6 Å². The number of hydrogen-bond acceptors (Lipinski definition) is 7. The number of hydrogen-bond donors (Lipinski definition) is 2. The van der Waals surface area contributed by atoms with Crippen LogP contribution in [-0.4, -0.2) is 50.5 Å². The summed E-state index contributed by atoms with van der Waals surface area (Å²) in [6.07, 6.45) is 4.12. The zero-order valence-corrected chi connectivity index (χ0v) is 16.7. The fourth-order valence-corrected chi connectivity index (χ4v) is 3.76. The Morgan fingerprint density at radius 2 is 1.94 bits per heavy atom. The first kappa shape index (κ1) is 19.2. The number of carbonyl (C=O) groups excluding carboxylic acids is 1. The number of aromatic nitrogens is 4. The van der Waals surface area contributed by atoms with Gasteiger partial charge in [-0.25, -0.2) is 15.0 Å². The third kappa shape index (κ3) is 3.85. The molecule has 1 saturated heterocycles. The molecule has 1 atom stereocenters. The minimum absolute atomic E-state index is 0.160. The van der Waals surface area contributed by atoms with Crippen LogP contribution in [0.5, 0.6) is 11.6 Å². The lowest BCUT2D eigenvalue weighted by molar-refractivity contribution is 0.103. The van der Waals surface area contributed by atoms with Crippen LogP contribution < -0.4 is 9.64 Å². The number of carbonyl (C=O) groups is 1. The Hall–Kier alpha value is -3.78. The van der Waals surface area contributed by atoms with Gasteiger partial charge in [0.05, 0.1) is 11.0 Å². The van der Waals surface area contributed by atoms with E-state index in [1.807, 2.05) is 24.3 Å². The van der Waals surface area contributed by atoms with Crippen molar-refractivity contribution in [1.29, 1.82) is 0 Å². The van der Waals surface area contributed by atoms with Gasteiger partial charge in [-0.2, -0.15) is 0 Å². The van der Waals surface area contributed by atoms with E-state index in [0.29, 0.717) is 28.8 Å². The summed E-state index contributed by atoms with van der Waals surface area (Å²) in [6.45, 7) is 1.68. The first-order valence-electron chi connectivity index (χ1n) is 10.2. The molecule has 1 aliphatic heterocycles. The van der Waals surface area contributed by atoms with Gasteiger partial charge in [-0.1, -0.05) is 12.1 Å². The number of anilines is 1. The molecule has 8 nitrogen and oxygen atoms in total. The maximum absolute atomic E-state index is 12.8. The maximum atomic E-state index is 12.8. The molecule has 3 heterocycles. The Balaban J connectivity index is 1.34. The number of aliphatic hydroxyl groups excluding tert-OH is 1. The van der Waals surface area contributed by atoms with Crippen LogP contribution in [0.15, 0.2) is 60.9 Å². The summed E-state index contributed by atoms with van der Waals surface area (Å²) in [7, 11) is 0. The summed E-state index contributed by atoms with van der Waals surface area (Å²) in [5.41, 5.74) is 2.09. The lowest BCUT2D eigenvalue weighted by Gasteiger charge is -2.19. The molecule has 2 aromatic carbocycles. The molecule has 156 valence electrons. The number of ether oxygens (including phenoxy) is 1. The topological polar surface area (TPSA) is 104 Å². The molecule has 5 rings (SSSR count). The highest BCUT2D eigenvalue weighted by molar-refractivity contribution is 6.08. The highest BCUT2D eigenvalue weighted by Gasteiger charge is 2.26. The summed E-state index contributed by atoms with van der Waals surface area (Å²) in [5, 5.41) is 9.40. The van der Waals surface area contributed by atoms with E-state index in [4.69, 9.17) is 4.74 Å². The predicted molar refractivity (Wildman–Crippen MR) is 115 cm³/mol. The minimum Gasteiger partial charge on any atom is -0.436 e. The summed E-state index contributed by atoms with van der Waals surface area (Å²) in [6, 6.07) is 14.4. The number of aliphatic hydroxyl groups is 1. The van der Waals surface area contributed by atoms with Gasteiger partial charge >= 0.3 is 0 Å². The van der Waals surface area contributed by atoms with Crippen molar-refractivity contribution in [3.05, 3.63) is 72.3 Å². The zero-order valence-electron chi connectivity index (χ0n) is 16.7. The highest BCUT2D eigenvalue weighted by Crippen LogP contribution is 2.31. The molecule has 0 amide bonds. The normalized spacial score (nSPS) is 16.0. The molecule has 0 saturated carbocycles. The molecule has 0 bridgehead atoms. The quantitative estimate of drug-likeness (QED) is 0.466. The van der Waals surface area contributed by atoms with E-state index in [9.17, 15) is 9.90 Å². The molecular weight excluding hydrogens is 394 g/mol. The van der Waals surface area contributed by atoms with E-state index in [0.717, 1.165) is 30.5 Å². The second kappa shape index (κ2) is 8.16. The largest absolute Gasteiger partial charge is 0.436 e. The van der Waals surface area contributed by atoms with Crippen molar-refractivity contribution >= 4 is 22.6 Å². The van der Waals surface area contributed by atoms with Crippen LogP contribution in [0.25, 0.3) is 11.0 Å². The fraction of sp³-hybridized carbons (Fsp3) is 0.217. The molecule has 1 fully saturated rings. The van der Waals surface area contributed by atoms with E-state index in [1.165, 1.54) is 0 Å². The number of nitrogens with one attached hydrogen (secondary N) is 1. The molecule has 0 aliphatic carbocycles. The van der Waals surface area contributed by atoms with E-state index in [1.54, 1.807) is 36.7 Å². The molecule has 0 unspecified atom stereocenters. The number of ketones is 1. The second-order valence-corrected chi connectivity index (χ2v) is 7.53. The Bertz CT molecular complexity index is 1190. The maximum Gasteiger partial charge on any atom is 0.263 e. The van der Waals surface area contributed by atoms with Gasteiger partial charge in [-0.3, -0.25) is 4.79 Å². The van der Waals surface area contributed by atoms with Crippen LogP contribution in [0, 0.1) is 5.92 Å². The summed E-state index contributed by atoms with van der Waals surface area (Å²) < 4.78 is 5.97. The van der Waals surface area contributed by atoms with Crippen LogP contribution >= 0.6 is 0 Å². The van der Waals surface area contributed by atoms with Crippen LogP contribution in [0.4, 0.5) is 5.82 Å². The van der Waals surface area contributed by atoms with Crippen molar-refractivity contribution in [2.75, 3.05) is 24.6 Å². The monoisotopic (exact) mass is 415 g/mol. The lowest BCUT2D eigenvalue weighted by Crippen LogP contribution is -2.22. The minimum atomic E-state index is -0.185.